The van der Waals surface area contributed by atoms with Crippen LogP contribution in [0.1, 0.15) is 43.7 Å². The number of para-hydroxylation sites is 1. The van der Waals surface area contributed by atoms with Crippen LogP contribution in [-0.2, 0) is 31.0 Å². The topological polar surface area (TPSA) is 148 Å². The summed E-state index contributed by atoms with van der Waals surface area (Å²) < 4.78 is 13.0. The van der Waals surface area contributed by atoms with E-state index < -0.39 is 64.7 Å². The number of aromatic hydroxyl groups is 1. The minimum Gasteiger partial charge on any atom is -0.504 e. The van der Waals surface area contributed by atoms with Crippen LogP contribution in [-0.4, -0.2) is 63.2 Å². The van der Waals surface area contributed by atoms with Gasteiger partial charge in [0.2, 0.25) is 23.6 Å². The third-order valence-corrected chi connectivity index (χ3v) is 13.0. The third-order valence-electron chi connectivity index (χ3n) is 11.5. The first-order valence-electron chi connectivity index (χ1n) is 17.0. The number of benzene rings is 2. The largest absolute Gasteiger partial charge is 0.504 e. The van der Waals surface area contributed by atoms with Crippen molar-refractivity contribution in [1.29, 1.82) is 0 Å². The number of aryl methyl sites for hydroxylation is 2. The second kappa shape index (κ2) is 12.0. The summed E-state index contributed by atoms with van der Waals surface area (Å²) >= 11 is 7.83. The zero-order valence-corrected chi connectivity index (χ0v) is 30.6. The van der Waals surface area contributed by atoms with Crippen molar-refractivity contribution in [2.75, 3.05) is 18.6 Å². The van der Waals surface area contributed by atoms with Gasteiger partial charge in [-0.2, -0.15) is 10.00 Å². The van der Waals surface area contributed by atoms with Crippen molar-refractivity contribution in [1.82, 2.24) is 14.7 Å². The van der Waals surface area contributed by atoms with Gasteiger partial charge < -0.3 is 14.6 Å². The van der Waals surface area contributed by atoms with Crippen LogP contribution < -0.4 is 9.64 Å². The number of carbonyl (C=O) groups is 5. The van der Waals surface area contributed by atoms with E-state index >= 15 is 4.79 Å². The minimum absolute atomic E-state index is 0.0713. The van der Waals surface area contributed by atoms with Crippen molar-refractivity contribution in [3.05, 3.63) is 70.3 Å². The molecule has 3 fully saturated rings. The molecule has 4 aromatic rings. The standard InChI is InChI=1S/C38H35ClN4O8S/c1-6-51-26-9-7-8-21(31(26)44)30-19-11-12-20-29(35(47)43(33(20)45)37(49)50-5)23(19)15-24-34(46)42(36(48)38(24,30)3)28-16-25(40-41(28)4)32-17(2)22-14-18(39)10-13-27(22)52-32/h7-11,13-14,16,20,23-24,29-30,44H,6,12,15H2,1-5H3. The van der Waals surface area contributed by atoms with Gasteiger partial charge in [0.15, 0.2) is 11.5 Å². The predicted octanol–water partition coefficient (Wildman–Crippen LogP) is 6.37. The van der Waals surface area contributed by atoms with E-state index in [1.807, 2.05) is 31.2 Å². The maximum atomic E-state index is 15.0. The van der Waals surface area contributed by atoms with Gasteiger partial charge in [0.25, 0.3) is 0 Å². The van der Waals surface area contributed by atoms with Crippen molar-refractivity contribution in [3.8, 4) is 22.1 Å². The van der Waals surface area contributed by atoms with Crippen LogP contribution in [0, 0.1) is 36.0 Å². The SMILES string of the molecule is CCOc1cccc(C2C3=CCC4C(=O)N(C(=O)OC)C(=O)C4C3CC3C(=O)N(c4cc(-c5sc6ccc(Cl)cc6c5C)nn4C)C(=O)C32C)c1O. The number of amides is 5. The van der Waals surface area contributed by atoms with E-state index in [-0.39, 0.29) is 36.8 Å². The smallest absolute Gasteiger partial charge is 0.423 e. The van der Waals surface area contributed by atoms with Gasteiger partial charge in [-0.05, 0) is 74.7 Å². The van der Waals surface area contributed by atoms with Crippen molar-refractivity contribution in [2.24, 2.45) is 36.1 Å². The van der Waals surface area contributed by atoms with Crippen molar-refractivity contribution >= 4 is 68.6 Å². The molecule has 1 saturated carbocycles. The number of hydrogen-bond donors (Lipinski definition) is 1. The summed E-state index contributed by atoms with van der Waals surface area (Å²) in [6.07, 6.45) is 0.985. The Kier molecular flexibility index (Phi) is 7.88. The number of likely N-dealkylation sites (tertiary alicyclic amines) is 1. The lowest BCUT2D eigenvalue weighted by molar-refractivity contribution is -0.138. The average Bonchev–Trinajstić information content (AvgIpc) is 3.79. The zero-order chi connectivity index (χ0) is 37.0. The first-order chi connectivity index (χ1) is 24.8. The number of rotatable bonds is 5. The molecule has 52 heavy (non-hydrogen) atoms. The molecule has 2 aromatic heterocycles. The quantitative estimate of drug-likeness (QED) is 0.182. The summed E-state index contributed by atoms with van der Waals surface area (Å²) in [5.41, 5.74) is 1.16. The molecule has 0 spiro atoms. The lowest BCUT2D eigenvalue weighted by Gasteiger charge is -2.49. The molecule has 1 N–H and O–H groups in total. The van der Waals surface area contributed by atoms with E-state index in [1.54, 1.807) is 45.2 Å². The van der Waals surface area contributed by atoms with Gasteiger partial charge in [-0.1, -0.05) is 35.4 Å². The number of phenols is 1. The van der Waals surface area contributed by atoms with Crippen LogP contribution in [0.25, 0.3) is 20.7 Å². The number of nitrogens with zero attached hydrogens (tertiary/aromatic N) is 4. The summed E-state index contributed by atoms with van der Waals surface area (Å²) in [6.45, 7) is 5.77. The van der Waals surface area contributed by atoms with Crippen LogP contribution in [0.15, 0.2) is 54.1 Å². The molecule has 4 aliphatic rings. The van der Waals surface area contributed by atoms with E-state index in [4.69, 9.17) is 26.2 Å². The molecule has 14 heteroatoms. The molecule has 5 amide bonds. The van der Waals surface area contributed by atoms with E-state index in [9.17, 15) is 24.3 Å². The Labute approximate surface area is 307 Å². The van der Waals surface area contributed by atoms with Gasteiger partial charge in [-0.15, -0.1) is 11.3 Å². The van der Waals surface area contributed by atoms with Gasteiger partial charge in [-0.25, -0.2) is 9.69 Å². The second-order valence-electron chi connectivity index (χ2n) is 14.0. The van der Waals surface area contributed by atoms with E-state index in [2.05, 4.69) is 0 Å². The molecule has 12 nitrogen and oxygen atoms in total. The number of thiophene rings is 1. The Bertz CT molecular complexity index is 2290. The number of carbonyl (C=O) groups excluding carboxylic acids is 5. The average molecular weight is 743 g/mol. The number of aromatic nitrogens is 2. The maximum Gasteiger partial charge on any atom is 0.423 e. The molecule has 8 rings (SSSR count). The van der Waals surface area contributed by atoms with Crippen molar-refractivity contribution in [2.45, 2.75) is 39.5 Å². The highest BCUT2D eigenvalue weighted by atomic mass is 35.5. The van der Waals surface area contributed by atoms with Crippen LogP contribution >= 0.6 is 22.9 Å². The molecule has 2 aromatic carbocycles. The number of halogens is 1. The Balaban J connectivity index is 1.26. The number of anilines is 1. The van der Waals surface area contributed by atoms with E-state index in [0.29, 0.717) is 26.8 Å². The molecule has 6 atom stereocenters. The summed E-state index contributed by atoms with van der Waals surface area (Å²) in [5.74, 6) is -6.30. The van der Waals surface area contributed by atoms with Crippen LogP contribution in [0.5, 0.6) is 11.5 Å². The Morgan fingerprint density at radius 2 is 1.87 bits per heavy atom. The Morgan fingerprint density at radius 3 is 2.60 bits per heavy atom. The van der Waals surface area contributed by atoms with Gasteiger partial charge in [0.05, 0.1) is 41.8 Å². The fourth-order valence-electron chi connectivity index (χ4n) is 9.11. The van der Waals surface area contributed by atoms with E-state index in [0.717, 1.165) is 27.6 Å². The highest BCUT2D eigenvalue weighted by molar-refractivity contribution is 7.22. The maximum absolute atomic E-state index is 15.0. The van der Waals surface area contributed by atoms with E-state index in [1.165, 1.54) is 20.9 Å². The summed E-state index contributed by atoms with van der Waals surface area (Å²) in [5, 5.41) is 18.0. The van der Waals surface area contributed by atoms with Crippen LogP contribution in [0.3, 0.4) is 0 Å². The van der Waals surface area contributed by atoms with Crippen molar-refractivity contribution < 1.29 is 38.6 Å². The first kappa shape index (κ1) is 34.1. The molecule has 2 saturated heterocycles. The number of imide groups is 4. The highest BCUT2D eigenvalue weighted by Gasteiger charge is 2.68. The van der Waals surface area contributed by atoms with Gasteiger partial charge in [0.1, 0.15) is 11.5 Å². The van der Waals surface area contributed by atoms with Gasteiger partial charge in [-0.3, -0.25) is 23.9 Å². The number of methoxy groups -OCH3 is 1. The number of fused-ring (bicyclic) bond motifs is 5. The third kappa shape index (κ3) is 4.57. The fourth-order valence-corrected chi connectivity index (χ4v) is 10.4. The summed E-state index contributed by atoms with van der Waals surface area (Å²) in [6, 6.07) is 12.4. The van der Waals surface area contributed by atoms with Crippen molar-refractivity contribution in [3.63, 3.8) is 0 Å². The lowest BCUT2D eigenvalue weighted by Crippen LogP contribution is -2.49. The molecule has 6 unspecified atom stereocenters. The minimum atomic E-state index is -1.42. The molecule has 2 aliphatic heterocycles. The predicted molar refractivity (Wildman–Crippen MR) is 192 cm³/mol. The normalized spacial score (nSPS) is 26.8. The number of ether oxygens (including phenoxy) is 2. The summed E-state index contributed by atoms with van der Waals surface area (Å²) in [4.78, 5) is 72.3. The highest BCUT2D eigenvalue weighted by Crippen LogP contribution is 2.65. The number of hydrogen-bond acceptors (Lipinski definition) is 10. The number of allylic oxidation sites excluding steroid dienone is 2. The molecule has 0 radical (unpaired) electrons. The lowest BCUT2D eigenvalue weighted by atomic mass is 9.51. The first-order valence-corrected chi connectivity index (χ1v) is 18.2. The molecule has 2 aliphatic carbocycles. The Morgan fingerprint density at radius 1 is 1.10 bits per heavy atom. The summed E-state index contributed by atoms with van der Waals surface area (Å²) in [7, 11) is 2.78. The molecular weight excluding hydrogens is 708 g/mol. The molecule has 268 valence electrons. The Hall–Kier alpha value is -5.01. The zero-order valence-electron chi connectivity index (χ0n) is 29.0. The van der Waals surface area contributed by atoms with Gasteiger partial charge in [0, 0.05) is 34.3 Å². The van der Waals surface area contributed by atoms with Crippen LogP contribution in [0.2, 0.25) is 5.02 Å². The number of phenolic OH excluding ortho intramolecular Hbond substituents is 1. The molecule has 0 bridgehead atoms. The van der Waals surface area contributed by atoms with Crippen LogP contribution in [0.4, 0.5) is 10.6 Å². The monoisotopic (exact) mass is 742 g/mol. The second-order valence-corrected chi connectivity index (χ2v) is 15.5. The molecule has 4 heterocycles. The fraction of sp³-hybridized carbons (Fsp3) is 0.368. The van der Waals surface area contributed by atoms with Gasteiger partial charge >= 0.3 is 6.09 Å². The molecular formula is C38H35ClN4O8S.